The van der Waals surface area contributed by atoms with E-state index < -0.39 is 23.1 Å². The Bertz CT molecular complexity index is 990. The topological polar surface area (TPSA) is 135 Å². The van der Waals surface area contributed by atoms with E-state index in [1.54, 1.807) is 6.07 Å². The fourth-order valence-corrected chi connectivity index (χ4v) is 3.01. The minimum absolute atomic E-state index is 0.0677. The molecule has 0 aliphatic rings. The third-order valence-electron chi connectivity index (χ3n) is 4.52. The Morgan fingerprint density at radius 2 is 2.00 bits per heavy atom. The second-order valence-corrected chi connectivity index (χ2v) is 7.54. The molecule has 2 rings (SSSR count). The molecule has 0 atom stereocenters. The second-order valence-electron chi connectivity index (χ2n) is 7.54. The van der Waals surface area contributed by atoms with Crippen LogP contribution in [0.3, 0.4) is 0 Å². The molecule has 0 bridgehead atoms. The van der Waals surface area contributed by atoms with Gasteiger partial charge in [-0.15, -0.1) is 0 Å². The van der Waals surface area contributed by atoms with Crippen LogP contribution in [0.25, 0.3) is 0 Å². The number of rotatable bonds is 9. The van der Waals surface area contributed by atoms with Gasteiger partial charge in [-0.05, 0) is 24.5 Å². The van der Waals surface area contributed by atoms with Gasteiger partial charge in [0.15, 0.2) is 11.4 Å². The fraction of sp³-hybridized carbons (Fsp3) is 0.500. The molecule has 0 fully saturated rings. The zero-order valence-electron chi connectivity index (χ0n) is 17.8. The van der Waals surface area contributed by atoms with Crippen LogP contribution in [-0.2, 0) is 11.3 Å². The van der Waals surface area contributed by atoms with Gasteiger partial charge in [0, 0.05) is 20.1 Å². The summed E-state index contributed by atoms with van der Waals surface area (Å²) in [5, 5.41) is 0. The Balaban J connectivity index is 2.39. The fourth-order valence-electron chi connectivity index (χ4n) is 3.01. The van der Waals surface area contributed by atoms with Crippen LogP contribution >= 0.6 is 0 Å². The average Bonchev–Trinajstić information content (AvgIpc) is 3.21. The van der Waals surface area contributed by atoms with Gasteiger partial charge in [-0.25, -0.2) is 4.79 Å². The summed E-state index contributed by atoms with van der Waals surface area (Å²) in [4.78, 5) is 54.9. The molecular formula is C20H29N5O5. The minimum atomic E-state index is -0.734. The highest BCUT2D eigenvalue weighted by Crippen LogP contribution is 2.19. The Labute approximate surface area is 174 Å². The van der Waals surface area contributed by atoms with Gasteiger partial charge in [0.05, 0.1) is 6.26 Å². The molecule has 10 nitrogen and oxygen atoms in total. The van der Waals surface area contributed by atoms with E-state index in [-0.39, 0.29) is 36.3 Å². The number of nitrogen functional groups attached to an aromatic ring is 1. The molecule has 0 saturated carbocycles. The van der Waals surface area contributed by atoms with Crippen molar-refractivity contribution in [2.45, 2.75) is 40.2 Å². The summed E-state index contributed by atoms with van der Waals surface area (Å²) < 4.78 is 6.34. The van der Waals surface area contributed by atoms with E-state index in [0.717, 1.165) is 6.42 Å². The third kappa shape index (κ3) is 5.19. The number of carbonyl (C=O) groups excluding carboxylic acids is 2. The van der Waals surface area contributed by atoms with Gasteiger partial charge in [0.25, 0.3) is 11.5 Å². The Morgan fingerprint density at radius 1 is 1.30 bits per heavy atom. The molecule has 10 heteroatoms. The van der Waals surface area contributed by atoms with E-state index in [4.69, 9.17) is 10.2 Å². The number of anilines is 2. The monoisotopic (exact) mass is 419 g/mol. The van der Waals surface area contributed by atoms with Crippen LogP contribution in [-0.4, -0.2) is 46.4 Å². The molecule has 0 spiro atoms. The molecule has 2 aromatic rings. The van der Waals surface area contributed by atoms with Gasteiger partial charge in [-0.3, -0.25) is 23.9 Å². The van der Waals surface area contributed by atoms with Gasteiger partial charge in [-0.2, -0.15) is 0 Å². The van der Waals surface area contributed by atoms with Gasteiger partial charge in [-0.1, -0.05) is 27.2 Å². The lowest BCUT2D eigenvalue weighted by molar-refractivity contribution is -0.119. The number of aromatic amines is 1. The number of H-pyrrole nitrogens is 1. The van der Waals surface area contributed by atoms with Crippen molar-refractivity contribution >= 4 is 23.3 Å². The van der Waals surface area contributed by atoms with Crippen molar-refractivity contribution in [1.82, 2.24) is 14.5 Å². The summed E-state index contributed by atoms with van der Waals surface area (Å²) >= 11 is 0. The second kappa shape index (κ2) is 9.95. The molecule has 0 aromatic carbocycles. The highest BCUT2D eigenvalue weighted by Gasteiger charge is 2.26. The van der Waals surface area contributed by atoms with E-state index in [2.05, 4.69) is 4.98 Å². The molecule has 0 saturated heterocycles. The number of aromatic nitrogens is 2. The van der Waals surface area contributed by atoms with Gasteiger partial charge < -0.3 is 20.0 Å². The van der Waals surface area contributed by atoms with Crippen LogP contribution in [0.4, 0.5) is 11.5 Å². The third-order valence-corrected chi connectivity index (χ3v) is 4.52. The number of nitrogens with two attached hydrogens (primary N) is 1. The first-order valence-electron chi connectivity index (χ1n) is 9.89. The Morgan fingerprint density at radius 3 is 2.57 bits per heavy atom. The lowest BCUT2D eigenvalue weighted by Gasteiger charge is -2.26. The van der Waals surface area contributed by atoms with Crippen LogP contribution in [0, 0.1) is 5.92 Å². The van der Waals surface area contributed by atoms with Gasteiger partial charge in [0.2, 0.25) is 5.91 Å². The number of unbranched alkanes of at least 4 members (excludes halogenated alkanes) is 1. The first kappa shape index (κ1) is 23.0. The molecule has 164 valence electrons. The number of nitrogens with zero attached hydrogens (tertiary/aromatic N) is 3. The lowest BCUT2D eigenvalue weighted by Crippen LogP contribution is -2.46. The number of furan rings is 1. The molecule has 30 heavy (non-hydrogen) atoms. The van der Waals surface area contributed by atoms with Crippen molar-refractivity contribution in [3.63, 3.8) is 0 Å². The molecule has 0 aliphatic carbocycles. The highest BCUT2D eigenvalue weighted by atomic mass is 16.3. The van der Waals surface area contributed by atoms with Crippen molar-refractivity contribution in [3.05, 3.63) is 45.0 Å². The first-order valence-corrected chi connectivity index (χ1v) is 9.89. The van der Waals surface area contributed by atoms with Crippen molar-refractivity contribution < 1.29 is 14.0 Å². The van der Waals surface area contributed by atoms with Gasteiger partial charge >= 0.3 is 5.69 Å². The van der Waals surface area contributed by atoms with Crippen molar-refractivity contribution in [3.8, 4) is 0 Å². The first-order chi connectivity index (χ1) is 14.2. The zero-order chi connectivity index (χ0) is 22.4. The van der Waals surface area contributed by atoms with E-state index in [1.807, 2.05) is 20.8 Å². The van der Waals surface area contributed by atoms with Crippen molar-refractivity contribution in [2.75, 3.05) is 30.8 Å². The normalized spacial score (nSPS) is 11.0. The molecule has 2 aromatic heterocycles. The molecule has 3 N–H and O–H groups in total. The van der Waals surface area contributed by atoms with Crippen molar-refractivity contribution in [1.29, 1.82) is 0 Å². The van der Waals surface area contributed by atoms with Crippen molar-refractivity contribution in [2.24, 2.45) is 5.92 Å². The van der Waals surface area contributed by atoms with Crippen LogP contribution in [0.1, 0.15) is 44.2 Å². The maximum absolute atomic E-state index is 13.1. The summed E-state index contributed by atoms with van der Waals surface area (Å²) in [7, 11) is 1.47. The number of nitrogens with one attached hydrogen (secondary N) is 1. The summed E-state index contributed by atoms with van der Waals surface area (Å²) in [5.41, 5.74) is 4.73. The molecular weight excluding hydrogens is 390 g/mol. The molecule has 0 radical (unpaired) electrons. The summed E-state index contributed by atoms with van der Waals surface area (Å²) in [6, 6.07) is 3.08. The van der Waals surface area contributed by atoms with Crippen LogP contribution < -0.4 is 21.9 Å². The minimum Gasteiger partial charge on any atom is -0.459 e. The molecule has 2 heterocycles. The maximum atomic E-state index is 13.1. The number of amides is 2. The summed E-state index contributed by atoms with van der Waals surface area (Å²) in [5.74, 6) is -0.816. The summed E-state index contributed by atoms with van der Waals surface area (Å²) in [6.45, 7) is 6.00. The van der Waals surface area contributed by atoms with Crippen LogP contribution in [0.5, 0.6) is 0 Å². The Hall–Kier alpha value is -3.30. The van der Waals surface area contributed by atoms with Crippen LogP contribution in [0.15, 0.2) is 32.4 Å². The summed E-state index contributed by atoms with van der Waals surface area (Å²) in [6.07, 6.45) is 2.76. The van der Waals surface area contributed by atoms with Gasteiger partial charge in [0.1, 0.15) is 12.4 Å². The largest absolute Gasteiger partial charge is 0.459 e. The highest BCUT2D eigenvalue weighted by molar-refractivity contribution is 6.00. The lowest BCUT2D eigenvalue weighted by atomic mass is 10.2. The number of hydrogen-bond donors (Lipinski definition) is 2. The smallest absolute Gasteiger partial charge is 0.330 e. The SMILES string of the molecule is CCCCN(C(=O)CN(C)C(=O)c1ccco1)c1c(N)n(CC(C)C)c(=O)[nH]c1=O. The molecule has 2 amide bonds. The zero-order valence-corrected chi connectivity index (χ0v) is 17.8. The van der Waals surface area contributed by atoms with Crippen LogP contribution in [0.2, 0.25) is 0 Å². The number of hydrogen-bond acceptors (Lipinski definition) is 6. The number of likely N-dealkylation sites (N-methyl/N-ethyl adjacent to an activating group) is 1. The van der Waals surface area contributed by atoms with E-state index in [0.29, 0.717) is 13.0 Å². The predicted octanol–water partition coefficient (Wildman–Crippen LogP) is 1.27. The maximum Gasteiger partial charge on any atom is 0.330 e. The standard InChI is InChI=1S/C20H29N5O5/c1-5-6-9-24(15(26)12-23(4)19(28)14-8-7-10-30-14)16-17(21)25(11-13(2)3)20(29)22-18(16)27/h7-8,10,13H,5-6,9,11-12,21H2,1-4H3,(H,22,27,29). The molecule has 0 unspecified atom stereocenters. The predicted molar refractivity (Wildman–Crippen MR) is 114 cm³/mol. The number of carbonyl (C=O) groups is 2. The van der Waals surface area contributed by atoms with E-state index in [1.165, 1.54) is 33.7 Å². The average molecular weight is 419 g/mol. The Kier molecular flexibility index (Phi) is 7.62. The van der Waals surface area contributed by atoms with E-state index >= 15 is 0 Å². The quantitative estimate of drug-likeness (QED) is 0.628. The molecule has 0 aliphatic heterocycles. The van der Waals surface area contributed by atoms with E-state index in [9.17, 15) is 19.2 Å².